The maximum atomic E-state index is 4.93. The summed E-state index contributed by atoms with van der Waals surface area (Å²) in [4.78, 5) is 0. The van der Waals surface area contributed by atoms with Crippen LogP contribution in [0, 0.1) is 11.5 Å². The largest absolute Gasteiger partial charge is 0.501 e. The Morgan fingerprint density at radius 3 is 2.55 bits per heavy atom. The Morgan fingerprint density at radius 1 is 1.45 bits per heavy atom. The molecule has 1 nitrogen and oxygen atoms in total. The third-order valence-electron chi connectivity index (χ3n) is 0.926. The quantitative estimate of drug-likeness (QED) is 0.272. The van der Waals surface area contributed by atoms with E-state index < -0.39 is 8.07 Å². The molecule has 0 aliphatic rings. The van der Waals surface area contributed by atoms with Gasteiger partial charge in [-0.1, -0.05) is 26.2 Å². The topological polar surface area (TPSA) is 9.23 Å². The standard InChI is InChI=1S/C9H16OSi/c1-5-10-8-6-7-9-11(2,3)4/h5H,1,6,8H2,2-4H3. The highest BCUT2D eigenvalue weighted by Gasteiger charge is 2.06. The van der Waals surface area contributed by atoms with Gasteiger partial charge >= 0.3 is 0 Å². The SMILES string of the molecule is C=COCCC#C[Si](C)(C)C. The lowest BCUT2D eigenvalue weighted by molar-refractivity contribution is 0.259. The van der Waals surface area contributed by atoms with Crippen LogP contribution in [0.5, 0.6) is 0 Å². The van der Waals surface area contributed by atoms with Gasteiger partial charge < -0.3 is 4.74 Å². The second-order valence-electron chi connectivity index (χ2n) is 3.34. The van der Waals surface area contributed by atoms with Crippen molar-refractivity contribution in [1.82, 2.24) is 0 Å². The van der Waals surface area contributed by atoms with Gasteiger partial charge in [-0.25, -0.2) is 0 Å². The fourth-order valence-corrected chi connectivity index (χ4v) is 1.18. The second-order valence-corrected chi connectivity index (χ2v) is 8.09. The summed E-state index contributed by atoms with van der Waals surface area (Å²) >= 11 is 0. The first kappa shape index (κ1) is 10.3. The molecule has 0 fully saturated rings. The first-order valence-electron chi connectivity index (χ1n) is 3.79. The van der Waals surface area contributed by atoms with Crippen molar-refractivity contribution in [2.75, 3.05) is 6.61 Å². The zero-order chi connectivity index (χ0) is 8.74. The van der Waals surface area contributed by atoms with E-state index in [4.69, 9.17) is 4.74 Å². The fraction of sp³-hybridized carbons (Fsp3) is 0.556. The molecule has 0 atom stereocenters. The summed E-state index contributed by atoms with van der Waals surface area (Å²) in [5.41, 5.74) is 3.26. The molecule has 11 heavy (non-hydrogen) atoms. The molecule has 0 spiro atoms. The smallest absolute Gasteiger partial charge is 0.129 e. The van der Waals surface area contributed by atoms with Gasteiger partial charge in [0.15, 0.2) is 0 Å². The average Bonchev–Trinajstić information content (AvgIpc) is 1.85. The maximum Gasteiger partial charge on any atom is 0.129 e. The molecule has 0 aromatic carbocycles. The average molecular weight is 168 g/mol. The summed E-state index contributed by atoms with van der Waals surface area (Å²) < 4.78 is 4.93. The van der Waals surface area contributed by atoms with Crippen LogP contribution in [-0.4, -0.2) is 14.7 Å². The molecule has 0 saturated heterocycles. The molecule has 62 valence electrons. The highest BCUT2D eigenvalue weighted by molar-refractivity contribution is 6.83. The van der Waals surface area contributed by atoms with E-state index in [0.717, 1.165) is 6.42 Å². The molecule has 0 bridgehead atoms. The van der Waals surface area contributed by atoms with E-state index in [1.54, 1.807) is 0 Å². The highest BCUT2D eigenvalue weighted by atomic mass is 28.3. The Balaban J connectivity index is 3.48. The van der Waals surface area contributed by atoms with E-state index >= 15 is 0 Å². The molecule has 0 radical (unpaired) electrons. The monoisotopic (exact) mass is 168 g/mol. The molecule has 0 N–H and O–H groups in total. The van der Waals surface area contributed by atoms with Gasteiger partial charge in [-0.2, -0.15) is 0 Å². The van der Waals surface area contributed by atoms with Crippen LogP contribution in [-0.2, 0) is 4.74 Å². The van der Waals surface area contributed by atoms with Gasteiger partial charge in [0.2, 0.25) is 0 Å². The molecule has 0 rings (SSSR count). The molecular weight excluding hydrogens is 152 g/mol. The number of ether oxygens (including phenoxy) is 1. The zero-order valence-electron chi connectivity index (χ0n) is 7.61. The Hall–Kier alpha value is -0.683. The summed E-state index contributed by atoms with van der Waals surface area (Å²) in [5, 5.41) is 0. The van der Waals surface area contributed by atoms with Gasteiger partial charge in [0.25, 0.3) is 0 Å². The number of hydrogen-bond acceptors (Lipinski definition) is 1. The minimum atomic E-state index is -1.16. The van der Waals surface area contributed by atoms with Crippen LogP contribution in [0.4, 0.5) is 0 Å². The maximum absolute atomic E-state index is 4.93. The van der Waals surface area contributed by atoms with E-state index in [2.05, 4.69) is 37.7 Å². The van der Waals surface area contributed by atoms with E-state index in [0.29, 0.717) is 6.61 Å². The van der Waals surface area contributed by atoms with Crippen LogP contribution in [0.25, 0.3) is 0 Å². The summed E-state index contributed by atoms with van der Waals surface area (Å²) in [6.45, 7) is 10.8. The molecule has 0 aromatic heterocycles. The van der Waals surface area contributed by atoms with Crippen molar-refractivity contribution >= 4 is 8.07 Å². The zero-order valence-corrected chi connectivity index (χ0v) is 8.61. The van der Waals surface area contributed by atoms with Crippen molar-refractivity contribution in [3.63, 3.8) is 0 Å². The summed E-state index contributed by atoms with van der Waals surface area (Å²) in [5.74, 6) is 3.10. The normalized spacial score (nSPS) is 9.73. The van der Waals surface area contributed by atoms with Gasteiger partial charge in [0, 0.05) is 6.42 Å². The highest BCUT2D eigenvalue weighted by Crippen LogP contribution is 1.96. The Labute approximate surface area is 70.5 Å². The van der Waals surface area contributed by atoms with Gasteiger partial charge in [-0.15, -0.1) is 11.5 Å². The minimum absolute atomic E-state index is 0.668. The van der Waals surface area contributed by atoms with Crippen molar-refractivity contribution in [2.45, 2.75) is 26.1 Å². The lowest BCUT2D eigenvalue weighted by Crippen LogP contribution is -2.16. The van der Waals surface area contributed by atoms with Crippen molar-refractivity contribution < 1.29 is 4.74 Å². The predicted octanol–water partition coefficient (Wildman–Crippen LogP) is 2.42. The lowest BCUT2D eigenvalue weighted by atomic mass is 10.5. The van der Waals surface area contributed by atoms with Crippen LogP contribution in [0.15, 0.2) is 12.8 Å². The number of rotatable bonds is 3. The number of hydrogen-bond donors (Lipinski definition) is 0. The molecular formula is C9H16OSi. The van der Waals surface area contributed by atoms with E-state index in [1.165, 1.54) is 6.26 Å². The van der Waals surface area contributed by atoms with E-state index in [1.807, 2.05) is 0 Å². The van der Waals surface area contributed by atoms with Crippen LogP contribution in [0.1, 0.15) is 6.42 Å². The summed E-state index contributed by atoms with van der Waals surface area (Å²) in [6.07, 6.45) is 2.27. The van der Waals surface area contributed by atoms with Crippen molar-refractivity contribution in [2.24, 2.45) is 0 Å². The van der Waals surface area contributed by atoms with E-state index in [9.17, 15) is 0 Å². The first-order valence-corrected chi connectivity index (χ1v) is 7.29. The van der Waals surface area contributed by atoms with Crippen LogP contribution < -0.4 is 0 Å². The Kier molecular flexibility index (Phi) is 4.72. The fourth-order valence-electron chi connectivity index (χ4n) is 0.521. The minimum Gasteiger partial charge on any atom is -0.501 e. The Bertz CT molecular complexity index is 168. The first-order chi connectivity index (χ1) is 5.06. The molecule has 0 aliphatic heterocycles. The van der Waals surface area contributed by atoms with E-state index in [-0.39, 0.29) is 0 Å². The van der Waals surface area contributed by atoms with Gasteiger partial charge in [-0.05, 0) is 0 Å². The third-order valence-corrected chi connectivity index (χ3v) is 1.85. The lowest BCUT2D eigenvalue weighted by Gasteiger charge is -2.03. The molecule has 0 heterocycles. The third kappa shape index (κ3) is 9.32. The molecule has 0 saturated carbocycles. The molecule has 0 unspecified atom stereocenters. The van der Waals surface area contributed by atoms with Crippen LogP contribution >= 0.6 is 0 Å². The van der Waals surface area contributed by atoms with Crippen LogP contribution in [0.3, 0.4) is 0 Å². The van der Waals surface area contributed by atoms with Gasteiger partial charge in [0.05, 0.1) is 12.9 Å². The van der Waals surface area contributed by atoms with Crippen molar-refractivity contribution in [1.29, 1.82) is 0 Å². The summed E-state index contributed by atoms with van der Waals surface area (Å²) in [6, 6.07) is 0. The second kappa shape index (κ2) is 5.03. The molecule has 0 aromatic rings. The Morgan fingerprint density at radius 2 is 2.09 bits per heavy atom. The molecule has 0 amide bonds. The summed E-state index contributed by atoms with van der Waals surface area (Å²) in [7, 11) is -1.16. The van der Waals surface area contributed by atoms with Crippen LogP contribution in [0.2, 0.25) is 19.6 Å². The van der Waals surface area contributed by atoms with Crippen molar-refractivity contribution in [3.05, 3.63) is 12.8 Å². The molecule has 0 aliphatic carbocycles. The van der Waals surface area contributed by atoms with Gasteiger partial charge in [-0.3, -0.25) is 0 Å². The molecule has 2 heteroatoms. The van der Waals surface area contributed by atoms with Crippen molar-refractivity contribution in [3.8, 4) is 11.5 Å². The predicted molar refractivity (Wildman–Crippen MR) is 51.9 cm³/mol. The van der Waals surface area contributed by atoms with Gasteiger partial charge in [0.1, 0.15) is 8.07 Å².